The van der Waals surface area contributed by atoms with Gasteiger partial charge in [0.25, 0.3) is 5.88 Å². The molecule has 2 aromatic carbocycles. The van der Waals surface area contributed by atoms with Crippen LogP contribution in [0.5, 0.6) is 11.6 Å². The number of hydrogen-bond donors (Lipinski definition) is 1. The molecule has 0 fully saturated rings. The number of hydrogen-bond acceptors (Lipinski definition) is 5. The fourth-order valence-electron chi connectivity index (χ4n) is 2.50. The predicted molar refractivity (Wildman–Crippen MR) is 90.1 cm³/mol. The molecule has 0 aliphatic rings. The van der Waals surface area contributed by atoms with Gasteiger partial charge in [0.1, 0.15) is 23.2 Å². The summed E-state index contributed by atoms with van der Waals surface area (Å²) in [5.74, 6) is 0.816. The number of anilines is 1. The lowest BCUT2D eigenvalue weighted by atomic mass is 10.2. The Balaban J connectivity index is 1.70. The van der Waals surface area contributed by atoms with Gasteiger partial charge in [0.05, 0.1) is 0 Å². The van der Waals surface area contributed by atoms with Gasteiger partial charge < -0.3 is 14.5 Å². The van der Waals surface area contributed by atoms with Crippen molar-refractivity contribution < 1.29 is 13.9 Å². The highest BCUT2D eigenvalue weighted by atomic mass is 16.5. The van der Waals surface area contributed by atoms with Crippen LogP contribution in [0.1, 0.15) is 6.92 Å². The number of para-hydroxylation sites is 1. The molecule has 0 unspecified atom stereocenters. The molecule has 0 bridgehead atoms. The van der Waals surface area contributed by atoms with Gasteiger partial charge in [-0.05, 0) is 36.4 Å². The molecule has 0 aliphatic heterocycles. The van der Waals surface area contributed by atoms with Crippen molar-refractivity contribution in [2.24, 2.45) is 0 Å². The van der Waals surface area contributed by atoms with Gasteiger partial charge >= 0.3 is 0 Å². The summed E-state index contributed by atoms with van der Waals surface area (Å²) < 4.78 is 11.6. The van der Waals surface area contributed by atoms with Crippen molar-refractivity contribution in [3.63, 3.8) is 0 Å². The topological polar surface area (TPSA) is 77.2 Å². The number of furan rings is 1. The third kappa shape index (κ3) is 2.54. The number of carbonyl (C=O) groups is 1. The first-order valence-corrected chi connectivity index (χ1v) is 7.38. The van der Waals surface area contributed by atoms with Crippen molar-refractivity contribution in [1.82, 2.24) is 9.97 Å². The second-order valence-corrected chi connectivity index (χ2v) is 5.26. The minimum Gasteiger partial charge on any atom is -0.449 e. The van der Waals surface area contributed by atoms with Gasteiger partial charge in [0.15, 0.2) is 0 Å². The number of aromatic nitrogens is 2. The van der Waals surface area contributed by atoms with Gasteiger partial charge in [0, 0.05) is 18.0 Å². The fraction of sp³-hybridized carbons (Fsp3) is 0.0556. The number of nitrogens with zero attached hydrogens (tertiary/aromatic N) is 2. The summed E-state index contributed by atoms with van der Waals surface area (Å²) in [6.45, 7) is 1.46. The minimum absolute atomic E-state index is 0.122. The zero-order chi connectivity index (χ0) is 16.5. The smallest absolute Gasteiger partial charge is 0.267 e. The van der Waals surface area contributed by atoms with E-state index in [0.29, 0.717) is 28.4 Å². The van der Waals surface area contributed by atoms with Crippen molar-refractivity contribution >= 4 is 33.7 Å². The molecular formula is C18H13N3O3. The van der Waals surface area contributed by atoms with E-state index in [4.69, 9.17) is 9.15 Å². The first-order valence-electron chi connectivity index (χ1n) is 7.38. The van der Waals surface area contributed by atoms with Gasteiger partial charge in [0.2, 0.25) is 11.5 Å². The molecule has 118 valence electrons. The third-order valence-electron chi connectivity index (χ3n) is 3.51. The normalized spacial score (nSPS) is 10.9. The molecule has 0 atom stereocenters. The van der Waals surface area contributed by atoms with Crippen LogP contribution in [-0.4, -0.2) is 15.9 Å². The Kier molecular flexibility index (Phi) is 3.35. The quantitative estimate of drug-likeness (QED) is 0.614. The Labute approximate surface area is 137 Å². The van der Waals surface area contributed by atoms with E-state index in [1.54, 1.807) is 24.3 Å². The summed E-state index contributed by atoms with van der Waals surface area (Å²) in [6, 6.07) is 14.7. The second-order valence-electron chi connectivity index (χ2n) is 5.26. The maximum Gasteiger partial charge on any atom is 0.267 e. The Morgan fingerprint density at radius 2 is 1.88 bits per heavy atom. The van der Waals surface area contributed by atoms with E-state index >= 15 is 0 Å². The molecule has 2 aromatic heterocycles. The molecule has 2 heterocycles. The summed E-state index contributed by atoms with van der Waals surface area (Å²) in [5.41, 5.74) is 2.65. The third-order valence-corrected chi connectivity index (χ3v) is 3.51. The first-order chi connectivity index (χ1) is 11.7. The van der Waals surface area contributed by atoms with Crippen LogP contribution in [0.15, 0.2) is 59.3 Å². The van der Waals surface area contributed by atoms with Gasteiger partial charge in [-0.15, -0.1) is 0 Å². The van der Waals surface area contributed by atoms with E-state index in [0.717, 1.165) is 11.0 Å². The van der Waals surface area contributed by atoms with Crippen LogP contribution in [-0.2, 0) is 4.79 Å². The molecular weight excluding hydrogens is 306 g/mol. The number of nitrogens with one attached hydrogen (secondary N) is 1. The molecule has 4 aromatic rings. The number of benzene rings is 2. The van der Waals surface area contributed by atoms with Gasteiger partial charge in [-0.2, -0.15) is 4.98 Å². The number of fused-ring (bicyclic) bond motifs is 3. The highest BCUT2D eigenvalue weighted by Gasteiger charge is 2.14. The van der Waals surface area contributed by atoms with Crippen molar-refractivity contribution in [2.75, 3.05) is 5.32 Å². The zero-order valence-electron chi connectivity index (χ0n) is 12.8. The van der Waals surface area contributed by atoms with Crippen LogP contribution in [0.4, 0.5) is 5.69 Å². The van der Waals surface area contributed by atoms with Crippen molar-refractivity contribution in [1.29, 1.82) is 0 Å². The monoisotopic (exact) mass is 319 g/mol. The highest BCUT2D eigenvalue weighted by Crippen LogP contribution is 2.33. The van der Waals surface area contributed by atoms with Crippen LogP contribution in [0.25, 0.3) is 22.1 Å². The van der Waals surface area contributed by atoms with E-state index in [-0.39, 0.29) is 5.91 Å². The summed E-state index contributed by atoms with van der Waals surface area (Å²) >= 11 is 0. The molecule has 4 rings (SSSR count). The molecule has 0 aliphatic carbocycles. The molecule has 6 heteroatoms. The second kappa shape index (κ2) is 5.66. The molecule has 0 spiro atoms. The average molecular weight is 319 g/mol. The molecule has 1 N–H and O–H groups in total. The highest BCUT2D eigenvalue weighted by molar-refractivity contribution is 6.03. The van der Waals surface area contributed by atoms with E-state index in [9.17, 15) is 4.79 Å². The Morgan fingerprint density at radius 3 is 2.67 bits per heavy atom. The lowest BCUT2D eigenvalue weighted by Crippen LogP contribution is -2.05. The molecule has 1 amide bonds. The fourth-order valence-corrected chi connectivity index (χ4v) is 2.50. The number of carbonyl (C=O) groups excluding carboxylic acids is 1. The Morgan fingerprint density at radius 1 is 1.08 bits per heavy atom. The van der Waals surface area contributed by atoms with E-state index < -0.39 is 0 Å². The summed E-state index contributed by atoms with van der Waals surface area (Å²) in [7, 11) is 0. The lowest BCUT2D eigenvalue weighted by molar-refractivity contribution is -0.114. The molecule has 0 saturated heterocycles. The van der Waals surface area contributed by atoms with Crippen LogP contribution in [0.2, 0.25) is 0 Å². The average Bonchev–Trinajstić information content (AvgIpc) is 2.96. The Bertz CT molecular complexity index is 1040. The summed E-state index contributed by atoms with van der Waals surface area (Å²) in [4.78, 5) is 19.5. The molecule has 24 heavy (non-hydrogen) atoms. The van der Waals surface area contributed by atoms with Gasteiger partial charge in [-0.1, -0.05) is 12.1 Å². The predicted octanol–water partition coefficient (Wildman–Crippen LogP) is 4.13. The van der Waals surface area contributed by atoms with Gasteiger partial charge in [-0.3, -0.25) is 4.79 Å². The largest absolute Gasteiger partial charge is 0.449 e. The van der Waals surface area contributed by atoms with Crippen LogP contribution in [0, 0.1) is 0 Å². The van der Waals surface area contributed by atoms with E-state index in [2.05, 4.69) is 15.3 Å². The van der Waals surface area contributed by atoms with Crippen molar-refractivity contribution in [3.05, 3.63) is 54.9 Å². The zero-order valence-corrected chi connectivity index (χ0v) is 12.8. The maximum atomic E-state index is 11.0. The minimum atomic E-state index is -0.122. The number of amides is 1. The van der Waals surface area contributed by atoms with E-state index in [1.807, 2.05) is 24.3 Å². The van der Waals surface area contributed by atoms with Gasteiger partial charge in [-0.25, -0.2) is 4.98 Å². The lowest BCUT2D eigenvalue weighted by Gasteiger charge is -2.06. The summed E-state index contributed by atoms with van der Waals surface area (Å²) in [6.07, 6.45) is 1.45. The number of ether oxygens (including phenoxy) is 1. The van der Waals surface area contributed by atoms with Crippen LogP contribution >= 0.6 is 0 Å². The first kappa shape index (κ1) is 14.2. The maximum absolute atomic E-state index is 11.0. The van der Waals surface area contributed by atoms with Crippen molar-refractivity contribution in [2.45, 2.75) is 6.92 Å². The standard InChI is InChI=1S/C18H13N3O3/c1-11(22)21-12-6-8-13(9-7-12)23-18-17-16(19-10-20-18)14-4-2-3-5-15(14)24-17/h2-10H,1H3,(H,21,22). The SMILES string of the molecule is CC(=O)Nc1ccc(Oc2ncnc3c2oc2ccccc23)cc1. The van der Waals surface area contributed by atoms with Crippen LogP contribution in [0.3, 0.4) is 0 Å². The van der Waals surface area contributed by atoms with Crippen LogP contribution < -0.4 is 10.1 Å². The van der Waals surface area contributed by atoms with E-state index in [1.165, 1.54) is 13.3 Å². The number of rotatable bonds is 3. The molecule has 0 radical (unpaired) electrons. The molecule has 0 saturated carbocycles. The summed E-state index contributed by atoms with van der Waals surface area (Å²) in [5, 5.41) is 3.62. The van der Waals surface area contributed by atoms with Crippen molar-refractivity contribution in [3.8, 4) is 11.6 Å². The molecule has 6 nitrogen and oxygen atoms in total. The Hall–Kier alpha value is -3.41.